The first-order valence-corrected chi connectivity index (χ1v) is 25.4. The van der Waals surface area contributed by atoms with Gasteiger partial charge >= 0.3 is 0 Å². The molecule has 17 heteroatoms. The first-order valence-electron chi connectivity index (χ1n) is 23.1. The van der Waals surface area contributed by atoms with Gasteiger partial charge in [0.05, 0.1) is 55.6 Å². The molecule has 11 aromatic rings. The second kappa shape index (κ2) is 20.1. The lowest BCUT2D eigenvalue weighted by molar-refractivity contribution is -0.112. The summed E-state index contributed by atoms with van der Waals surface area (Å²) in [5.41, 5.74) is 9.45. The van der Waals surface area contributed by atoms with E-state index in [2.05, 4.69) is 38.9 Å². The van der Waals surface area contributed by atoms with E-state index in [4.69, 9.17) is 0 Å². The van der Waals surface area contributed by atoms with E-state index < -0.39 is 10.0 Å². The van der Waals surface area contributed by atoms with Gasteiger partial charge in [-0.15, -0.1) is 11.3 Å². The van der Waals surface area contributed by atoms with Crippen LogP contribution in [0.5, 0.6) is 0 Å². The normalized spacial score (nSPS) is 11.3. The maximum atomic E-state index is 13.3. The number of aldehydes is 1. The van der Waals surface area contributed by atoms with Crippen molar-refractivity contribution in [2.45, 2.75) is 18.7 Å². The Morgan fingerprint density at radius 1 is 0.600 bits per heavy atom. The molecule has 0 saturated carbocycles. The summed E-state index contributed by atoms with van der Waals surface area (Å²) in [7, 11) is -3.86. The molecule has 0 aliphatic carbocycles. The number of aromatic nitrogens is 6. The Morgan fingerprint density at radius 2 is 1.12 bits per heavy atom. The van der Waals surface area contributed by atoms with Gasteiger partial charge in [0.1, 0.15) is 0 Å². The minimum absolute atomic E-state index is 0.133. The molecule has 0 fully saturated rings. The van der Waals surface area contributed by atoms with Gasteiger partial charge in [-0.3, -0.25) is 43.1 Å². The predicted octanol–water partition coefficient (Wildman–Crippen LogP) is 10.6. The summed E-state index contributed by atoms with van der Waals surface area (Å²) in [6, 6.07) is 38.7. The van der Waals surface area contributed by atoms with Crippen LogP contribution in [0.15, 0.2) is 203 Å². The number of amides is 2. The van der Waals surface area contributed by atoms with Crippen LogP contribution in [-0.2, 0) is 19.6 Å². The van der Waals surface area contributed by atoms with Crippen LogP contribution in [0.2, 0.25) is 0 Å². The average Bonchev–Trinajstić information content (AvgIpc) is 4.14. The van der Waals surface area contributed by atoms with Gasteiger partial charge in [0.15, 0.2) is 6.29 Å². The fraction of sp³-hybridized carbons (Fsp3) is 0.0345. The third-order valence-corrected chi connectivity index (χ3v) is 14.9. The highest BCUT2D eigenvalue weighted by Gasteiger charge is 2.20. The molecule has 368 valence electrons. The predicted molar refractivity (Wildman–Crippen MR) is 296 cm³/mol. The molecule has 0 aliphatic heterocycles. The molecule has 0 saturated heterocycles. The topological polar surface area (TPSA) is 197 Å². The fourth-order valence-electron chi connectivity index (χ4n) is 8.68. The van der Waals surface area contributed by atoms with Crippen LogP contribution in [0.25, 0.3) is 77.2 Å². The van der Waals surface area contributed by atoms with Gasteiger partial charge in [-0.25, -0.2) is 0 Å². The Kier molecular flexibility index (Phi) is 13.1. The van der Waals surface area contributed by atoms with Crippen LogP contribution < -0.4 is 21.8 Å². The largest absolute Gasteiger partial charge is 0.322 e. The number of carbonyl (C=O) groups is 3. The standard InChI is InChI=1S/C31H23N5O4S.C27H19N3O3S/c1-3-29(37)34-28-16-24(12-9-20(28)2)36-30(38)14-11-22-17-32-27-13-10-21(15-26(27)31(22)36)23-18-33-35(19-23)41(39,40)25-7-5-4-6-8-25;1-3-25(32)29-24-12-20(7-4-16(24)2)30-26(33)9-6-18-13-28-23-8-5-17(11-22(23)27(18)30)19-10-21(14-31)34-15-19/h3-19H,1H2,2H3,(H,34,37);3-15H,1H2,2H3,(H,29,32). The average molecular weight is 1030 g/mol. The van der Waals surface area contributed by atoms with Crippen LogP contribution in [0.3, 0.4) is 0 Å². The van der Waals surface area contributed by atoms with Crippen LogP contribution in [-0.4, -0.2) is 54.8 Å². The van der Waals surface area contributed by atoms with Gasteiger partial charge in [0, 0.05) is 63.0 Å². The number of carbonyl (C=O) groups excluding carboxylic acids is 3. The van der Waals surface area contributed by atoms with Crippen LogP contribution in [0, 0.1) is 13.8 Å². The van der Waals surface area contributed by atoms with Crippen molar-refractivity contribution in [3.05, 3.63) is 226 Å². The van der Waals surface area contributed by atoms with Gasteiger partial charge < -0.3 is 10.6 Å². The lowest BCUT2D eigenvalue weighted by Gasteiger charge is -2.15. The zero-order chi connectivity index (χ0) is 52.5. The zero-order valence-corrected chi connectivity index (χ0v) is 41.7. The van der Waals surface area contributed by atoms with Crippen molar-refractivity contribution in [3.63, 3.8) is 0 Å². The molecule has 6 aromatic heterocycles. The Hall–Kier alpha value is -9.71. The van der Waals surface area contributed by atoms with Crippen molar-refractivity contribution in [1.82, 2.24) is 28.3 Å². The van der Waals surface area contributed by atoms with Crippen LogP contribution in [0.4, 0.5) is 11.4 Å². The van der Waals surface area contributed by atoms with Crippen LogP contribution in [0.1, 0.15) is 20.8 Å². The van der Waals surface area contributed by atoms with Gasteiger partial charge in [0.2, 0.25) is 11.8 Å². The van der Waals surface area contributed by atoms with Gasteiger partial charge in [0.25, 0.3) is 21.1 Å². The summed E-state index contributed by atoms with van der Waals surface area (Å²) < 4.78 is 30.3. The molecular formula is C58H42N8O7S2. The SMILES string of the molecule is C=CC(=O)Nc1cc(-n2c(=O)ccc3cnc4ccc(-c5cnn(S(=O)(=O)c6ccccc6)c5)cc4c32)ccc1C.C=CC(=O)Nc1cc(-n2c(=O)ccc3cnc4ccc(-c5csc(C=O)c5)cc4c32)ccc1C. The monoisotopic (exact) mass is 1030 g/mol. The molecule has 2 amide bonds. The molecule has 6 heterocycles. The van der Waals surface area contributed by atoms with Crippen molar-refractivity contribution < 1.29 is 22.8 Å². The van der Waals surface area contributed by atoms with E-state index in [0.717, 1.165) is 59.8 Å². The third kappa shape index (κ3) is 9.47. The number of rotatable bonds is 11. The van der Waals surface area contributed by atoms with E-state index in [1.165, 1.54) is 60.1 Å². The summed E-state index contributed by atoms with van der Waals surface area (Å²) in [5, 5.41) is 14.7. The maximum absolute atomic E-state index is 13.3. The summed E-state index contributed by atoms with van der Waals surface area (Å²) >= 11 is 1.39. The number of pyridine rings is 4. The molecule has 15 nitrogen and oxygen atoms in total. The Bertz CT molecular complexity index is 4410. The number of fused-ring (bicyclic) bond motifs is 6. The molecule has 2 N–H and O–H groups in total. The number of hydrogen-bond acceptors (Lipinski definition) is 11. The molecule has 0 atom stereocenters. The van der Waals surface area contributed by atoms with Gasteiger partial charge in [-0.1, -0.05) is 55.6 Å². The van der Waals surface area contributed by atoms with E-state index in [-0.39, 0.29) is 27.8 Å². The minimum Gasteiger partial charge on any atom is -0.322 e. The van der Waals surface area contributed by atoms with Crippen molar-refractivity contribution in [2.75, 3.05) is 10.6 Å². The summed E-state index contributed by atoms with van der Waals surface area (Å²) in [6.45, 7) is 10.8. The van der Waals surface area contributed by atoms with Crippen LogP contribution >= 0.6 is 11.3 Å². The second-order valence-electron chi connectivity index (χ2n) is 17.3. The van der Waals surface area contributed by atoms with Crippen molar-refractivity contribution in [1.29, 1.82) is 0 Å². The molecule has 0 radical (unpaired) electrons. The van der Waals surface area contributed by atoms with Gasteiger partial charge in [-0.2, -0.15) is 17.6 Å². The number of benzene rings is 5. The molecule has 0 aliphatic rings. The number of hydrogen-bond donors (Lipinski definition) is 2. The van der Waals surface area contributed by atoms with E-state index in [1.807, 2.05) is 86.0 Å². The number of nitrogens with zero attached hydrogens (tertiary/aromatic N) is 6. The van der Waals surface area contributed by atoms with E-state index in [1.54, 1.807) is 64.0 Å². The van der Waals surface area contributed by atoms with E-state index >= 15 is 0 Å². The highest BCUT2D eigenvalue weighted by molar-refractivity contribution is 7.89. The smallest absolute Gasteiger partial charge is 0.282 e. The molecule has 5 aromatic carbocycles. The van der Waals surface area contributed by atoms with Crippen molar-refractivity contribution in [2.24, 2.45) is 0 Å². The highest BCUT2D eigenvalue weighted by atomic mass is 32.2. The van der Waals surface area contributed by atoms with Crippen molar-refractivity contribution >= 4 is 94.4 Å². The molecular weight excluding hydrogens is 985 g/mol. The first kappa shape index (κ1) is 48.9. The highest BCUT2D eigenvalue weighted by Crippen LogP contribution is 2.34. The fourth-order valence-corrected chi connectivity index (χ4v) is 10.5. The third-order valence-electron chi connectivity index (χ3n) is 12.5. The van der Waals surface area contributed by atoms with E-state index in [9.17, 15) is 32.4 Å². The number of nitrogens with one attached hydrogen (secondary N) is 2. The molecule has 0 unspecified atom stereocenters. The lowest BCUT2D eigenvalue weighted by atomic mass is 10.0. The minimum atomic E-state index is -3.86. The maximum Gasteiger partial charge on any atom is 0.282 e. The quantitative estimate of drug-likeness (QED) is 0.0714. The summed E-state index contributed by atoms with van der Waals surface area (Å²) in [4.78, 5) is 71.4. The number of anilines is 2. The summed E-state index contributed by atoms with van der Waals surface area (Å²) in [6.07, 6.45) is 9.63. The molecule has 75 heavy (non-hydrogen) atoms. The Labute approximate surface area is 432 Å². The molecule has 0 bridgehead atoms. The number of thiophene rings is 1. The van der Waals surface area contributed by atoms with Crippen molar-refractivity contribution in [3.8, 4) is 33.6 Å². The summed E-state index contributed by atoms with van der Waals surface area (Å²) in [5.74, 6) is -0.681. The molecule has 11 rings (SSSR count). The first-order chi connectivity index (χ1) is 36.2. The second-order valence-corrected chi connectivity index (χ2v) is 20.0. The Balaban J connectivity index is 0.000000174. The Morgan fingerprint density at radius 3 is 1.61 bits per heavy atom. The zero-order valence-electron chi connectivity index (χ0n) is 40.1. The molecule has 0 spiro atoms. The van der Waals surface area contributed by atoms with Gasteiger partial charge in [-0.05, 0) is 138 Å². The lowest BCUT2D eigenvalue weighted by Crippen LogP contribution is -2.18. The van der Waals surface area contributed by atoms with E-state index in [0.29, 0.717) is 55.2 Å². The number of aryl methyl sites for hydroxylation is 2.